The number of amides is 2. The fourth-order valence-electron chi connectivity index (χ4n) is 3.93. The summed E-state index contributed by atoms with van der Waals surface area (Å²) in [5.41, 5.74) is 0.729. The van der Waals surface area contributed by atoms with Gasteiger partial charge in [0.1, 0.15) is 12.1 Å². The van der Waals surface area contributed by atoms with Crippen LogP contribution in [0.3, 0.4) is 0 Å². The van der Waals surface area contributed by atoms with E-state index in [1.54, 1.807) is 38.1 Å². The Labute approximate surface area is 166 Å². The average molecular weight is 400 g/mol. The van der Waals surface area contributed by atoms with Gasteiger partial charge in [-0.1, -0.05) is 44.2 Å². The third-order valence-electron chi connectivity index (χ3n) is 5.30. The minimum atomic E-state index is -4.53. The van der Waals surface area contributed by atoms with Crippen molar-refractivity contribution in [2.45, 2.75) is 26.2 Å². The van der Waals surface area contributed by atoms with Crippen molar-refractivity contribution in [3.63, 3.8) is 0 Å². The molecular weight excluding hydrogens is 381 g/mol. The third-order valence-corrected chi connectivity index (χ3v) is 5.30. The second-order valence-corrected chi connectivity index (χ2v) is 7.52. The minimum absolute atomic E-state index is 0.113. The molecule has 0 spiro atoms. The summed E-state index contributed by atoms with van der Waals surface area (Å²) in [5.74, 6) is -2.10. The number of anilines is 2. The molecule has 0 aliphatic carbocycles. The molecule has 2 atom stereocenters. The molecule has 0 N–H and O–H groups in total. The van der Waals surface area contributed by atoms with Gasteiger partial charge in [0.2, 0.25) is 11.8 Å². The van der Waals surface area contributed by atoms with Crippen LogP contribution in [0.5, 0.6) is 0 Å². The normalized spacial score (nSPS) is 21.4. The van der Waals surface area contributed by atoms with E-state index in [0.717, 1.165) is 17.7 Å². The Morgan fingerprint density at radius 1 is 0.931 bits per heavy atom. The molecule has 2 aliphatic heterocycles. The van der Waals surface area contributed by atoms with Gasteiger partial charge >= 0.3 is 6.18 Å². The zero-order chi connectivity index (χ0) is 20.9. The van der Waals surface area contributed by atoms with Crippen LogP contribution < -0.4 is 9.80 Å². The van der Waals surface area contributed by atoms with Gasteiger partial charge in [-0.3, -0.25) is 19.4 Å². The Morgan fingerprint density at radius 2 is 1.62 bits per heavy atom. The Bertz CT molecular complexity index is 1010. The van der Waals surface area contributed by atoms with Gasteiger partial charge in [-0.15, -0.1) is 0 Å². The van der Waals surface area contributed by atoms with Crippen molar-refractivity contribution < 1.29 is 22.8 Å². The number of carbonyl (C=O) groups excluding carboxylic acids is 2. The number of fused-ring (bicyclic) bond motifs is 3. The highest BCUT2D eigenvalue weighted by molar-refractivity contribution is 6.18. The highest BCUT2D eigenvalue weighted by atomic mass is 19.4. The number of hydrogen-bond acceptors (Lipinski definition) is 2. The predicted octanol–water partition coefficient (Wildman–Crippen LogP) is 4.71. The van der Waals surface area contributed by atoms with Crippen molar-refractivity contribution in [1.29, 1.82) is 0 Å². The summed E-state index contributed by atoms with van der Waals surface area (Å²) in [6, 6.07) is 11.9. The molecule has 0 bridgehead atoms. The molecule has 4 rings (SSSR count). The molecule has 1 saturated heterocycles. The number of hydrogen-bond donors (Lipinski definition) is 0. The zero-order valence-electron chi connectivity index (χ0n) is 15.9. The number of rotatable bonds is 2. The second kappa shape index (κ2) is 6.76. The number of benzene rings is 2. The standard InChI is InChI=1S/C22H19F3N2O2/c1-13(2)19-20(28)26(16-8-5-7-15(12-16)22(23,24)25)18-11-10-14-6-3-4-9-17(14)27(18)21(19)29/h3-13,18-19H,1-2H3. The van der Waals surface area contributed by atoms with Crippen LogP contribution in [0.25, 0.3) is 6.08 Å². The molecule has 2 aromatic rings. The van der Waals surface area contributed by atoms with Crippen molar-refractivity contribution in [1.82, 2.24) is 0 Å². The number of carbonyl (C=O) groups is 2. The van der Waals surface area contributed by atoms with E-state index in [1.807, 2.05) is 12.1 Å². The quantitative estimate of drug-likeness (QED) is 0.685. The van der Waals surface area contributed by atoms with Gasteiger partial charge < -0.3 is 0 Å². The van der Waals surface area contributed by atoms with E-state index in [9.17, 15) is 22.8 Å². The van der Waals surface area contributed by atoms with Crippen LogP contribution in [0.2, 0.25) is 0 Å². The van der Waals surface area contributed by atoms with E-state index >= 15 is 0 Å². The van der Waals surface area contributed by atoms with Gasteiger partial charge in [-0.25, -0.2) is 0 Å². The lowest BCUT2D eigenvalue weighted by atomic mass is 9.88. The average Bonchev–Trinajstić information content (AvgIpc) is 2.67. The molecule has 4 nitrogen and oxygen atoms in total. The largest absolute Gasteiger partial charge is 0.416 e. The maximum Gasteiger partial charge on any atom is 0.416 e. The summed E-state index contributed by atoms with van der Waals surface area (Å²) in [6.07, 6.45) is -1.89. The van der Waals surface area contributed by atoms with Gasteiger partial charge in [-0.2, -0.15) is 13.2 Å². The highest BCUT2D eigenvalue weighted by Gasteiger charge is 2.49. The first kappa shape index (κ1) is 19.2. The molecule has 2 aliphatic rings. The van der Waals surface area contributed by atoms with Crippen molar-refractivity contribution in [2.24, 2.45) is 11.8 Å². The summed E-state index contributed by atoms with van der Waals surface area (Å²) in [6.45, 7) is 3.52. The molecule has 2 amide bonds. The lowest BCUT2D eigenvalue weighted by Crippen LogP contribution is -2.64. The van der Waals surface area contributed by atoms with Crippen LogP contribution in [0.4, 0.5) is 24.5 Å². The van der Waals surface area contributed by atoms with Crippen LogP contribution in [-0.2, 0) is 15.8 Å². The van der Waals surface area contributed by atoms with Gasteiger partial charge in [0.15, 0.2) is 0 Å². The summed E-state index contributed by atoms with van der Waals surface area (Å²) >= 11 is 0. The number of nitrogens with zero attached hydrogens (tertiary/aromatic N) is 2. The monoisotopic (exact) mass is 400 g/mol. The van der Waals surface area contributed by atoms with Crippen LogP contribution >= 0.6 is 0 Å². The van der Waals surface area contributed by atoms with Crippen LogP contribution in [0, 0.1) is 11.8 Å². The van der Waals surface area contributed by atoms with Gasteiger partial charge in [0.25, 0.3) is 0 Å². The SMILES string of the molecule is CC(C)C1C(=O)N(c2cccc(C(F)(F)F)c2)C2C=Cc3ccccc3N2C1=O. The number of alkyl halides is 3. The first-order valence-electron chi connectivity index (χ1n) is 9.31. The van der Waals surface area contributed by atoms with Crippen molar-refractivity contribution in [3.8, 4) is 0 Å². The predicted molar refractivity (Wildman–Crippen MR) is 104 cm³/mol. The Balaban J connectivity index is 1.88. The second-order valence-electron chi connectivity index (χ2n) is 7.52. The minimum Gasteiger partial charge on any atom is -0.287 e. The van der Waals surface area contributed by atoms with E-state index in [0.29, 0.717) is 5.69 Å². The molecule has 2 unspecified atom stereocenters. The van der Waals surface area contributed by atoms with Crippen LogP contribution in [0.15, 0.2) is 54.6 Å². The molecular formula is C22H19F3N2O2. The molecule has 0 radical (unpaired) electrons. The van der Waals surface area contributed by atoms with Crippen molar-refractivity contribution in [2.75, 3.05) is 9.80 Å². The number of para-hydroxylation sites is 1. The molecule has 2 aromatic carbocycles. The number of halogens is 3. The molecule has 1 fully saturated rings. The van der Waals surface area contributed by atoms with E-state index in [-0.39, 0.29) is 17.5 Å². The van der Waals surface area contributed by atoms with E-state index in [4.69, 9.17) is 0 Å². The lowest BCUT2D eigenvalue weighted by Gasteiger charge is -2.47. The summed E-state index contributed by atoms with van der Waals surface area (Å²) < 4.78 is 39.7. The van der Waals surface area contributed by atoms with Gasteiger partial charge in [-0.05, 0) is 41.8 Å². The first-order valence-corrected chi connectivity index (χ1v) is 9.31. The fraction of sp³-hybridized carbons (Fsp3) is 0.273. The fourth-order valence-corrected chi connectivity index (χ4v) is 3.93. The van der Waals surface area contributed by atoms with Crippen molar-refractivity contribution >= 4 is 29.3 Å². The first-order chi connectivity index (χ1) is 13.7. The topological polar surface area (TPSA) is 40.6 Å². The summed E-state index contributed by atoms with van der Waals surface area (Å²) in [4.78, 5) is 29.3. The van der Waals surface area contributed by atoms with Crippen LogP contribution in [0.1, 0.15) is 25.0 Å². The van der Waals surface area contributed by atoms with Gasteiger partial charge in [0, 0.05) is 5.69 Å². The molecule has 0 aromatic heterocycles. The molecule has 150 valence electrons. The van der Waals surface area contributed by atoms with Crippen molar-refractivity contribution in [3.05, 3.63) is 65.7 Å². The Morgan fingerprint density at radius 3 is 2.31 bits per heavy atom. The molecule has 29 heavy (non-hydrogen) atoms. The van der Waals surface area contributed by atoms with E-state index < -0.39 is 29.7 Å². The van der Waals surface area contributed by atoms with E-state index in [2.05, 4.69) is 0 Å². The van der Waals surface area contributed by atoms with Crippen LogP contribution in [-0.4, -0.2) is 18.0 Å². The van der Waals surface area contributed by atoms with E-state index in [1.165, 1.54) is 21.9 Å². The molecule has 2 heterocycles. The Kier molecular flexibility index (Phi) is 4.48. The molecule has 7 heteroatoms. The third kappa shape index (κ3) is 3.10. The maximum atomic E-state index is 13.3. The zero-order valence-corrected chi connectivity index (χ0v) is 15.9. The smallest absolute Gasteiger partial charge is 0.287 e. The maximum absolute atomic E-state index is 13.3. The lowest BCUT2D eigenvalue weighted by molar-refractivity contribution is -0.139. The van der Waals surface area contributed by atoms with Gasteiger partial charge in [0.05, 0.1) is 11.3 Å². The highest BCUT2D eigenvalue weighted by Crippen LogP contribution is 2.40. The summed E-state index contributed by atoms with van der Waals surface area (Å²) in [5, 5.41) is 0. The summed E-state index contributed by atoms with van der Waals surface area (Å²) in [7, 11) is 0. The molecule has 0 saturated carbocycles. The Hall–Kier alpha value is -3.09.